The highest BCUT2D eigenvalue weighted by molar-refractivity contribution is 6.30. The summed E-state index contributed by atoms with van der Waals surface area (Å²) in [7, 11) is 0. The van der Waals surface area contributed by atoms with Gasteiger partial charge in [0.25, 0.3) is 11.8 Å². The summed E-state index contributed by atoms with van der Waals surface area (Å²) in [4.78, 5) is 41.1. The normalized spacial score (nSPS) is 18.3. The van der Waals surface area contributed by atoms with E-state index in [1.807, 2.05) is 18.4 Å². The number of piperidine rings is 1. The van der Waals surface area contributed by atoms with Crippen molar-refractivity contribution in [1.29, 1.82) is 0 Å². The van der Waals surface area contributed by atoms with E-state index in [4.69, 9.17) is 11.6 Å². The molecule has 1 aromatic heterocycles. The Labute approximate surface area is 204 Å². The Morgan fingerprint density at radius 3 is 2.24 bits per heavy atom. The minimum atomic E-state index is -1.05. The van der Waals surface area contributed by atoms with E-state index < -0.39 is 22.8 Å². The summed E-state index contributed by atoms with van der Waals surface area (Å²) >= 11 is 5.97. The number of amides is 2. The van der Waals surface area contributed by atoms with Gasteiger partial charge in [-0.2, -0.15) is 0 Å². The van der Waals surface area contributed by atoms with Crippen molar-refractivity contribution in [2.45, 2.75) is 70.1 Å². The average Bonchev–Trinajstić information content (AvgIpc) is 3.34. The number of carbonyl (C=O) groups is 2. The van der Waals surface area contributed by atoms with E-state index in [-0.39, 0.29) is 23.2 Å². The molecule has 2 aromatic rings. The number of benzene rings is 1. The molecule has 0 bridgehead atoms. The second kappa shape index (κ2) is 9.92. The minimum absolute atomic E-state index is 0.00105. The molecule has 0 unspecified atom stereocenters. The molecular formula is C26H32ClN3O4. The smallest absolute Gasteiger partial charge is 0.259 e. The molecule has 2 amide bonds. The SMILES string of the molecule is CC(C)NC(=O)c1cn(C2CCCC2)cc(C(=O)N2CCC(O)(c3ccc(Cl)cc3)CC2)c1=O. The van der Waals surface area contributed by atoms with Gasteiger partial charge in [0.05, 0.1) is 5.60 Å². The molecule has 0 radical (unpaired) electrons. The molecule has 1 saturated heterocycles. The van der Waals surface area contributed by atoms with Gasteiger partial charge in [-0.1, -0.05) is 36.6 Å². The Morgan fingerprint density at radius 1 is 1.06 bits per heavy atom. The Balaban J connectivity index is 1.60. The van der Waals surface area contributed by atoms with Crippen LogP contribution in [-0.2, 0) is 5.60 Å². The van der Waals surface area contributed by atoms with Gasteiger partial charge in [0.1, 0.15) is 11.1 Å². The van der Waals surface area contributed by atoms with Crippen LogP contribution >= 0.6 is 11.6 Å². The molecule has 2 N–H and O–H groups in total. The predicted molar refractivity (Wildman–Crippen MR) is 131 cm³/mol. The molecule has 0 spiro atoms. The molecule has 1 aliphatic heterocycles. The van der Waals surface area contributed by atoms with Crippen molar-refractivity contribution in [3.05, 3.63) is 68.6 Å². The Kier molecular flexibility index (Phi) is 7.14. The van der Waals surface area contributed by atoms with Crippen LogP contribution in [0.1, 0.15) is 84.7 Å². The lowest BCUT2D eigenvalue weighted by Gasteiger charge is -2.38. The fourth-order valence-corrected chi connectivity index (χ4v) is 5.09. The van der Waals surface area contributed by atoms with E-state index in [2.05, 4.69) is 5.32 Å². The van der Waals surface area contributed by atoms with Crippen molar-refractivity contribution >= 4 is 23.4 Å². The van der Waals surface area contributed by atoms with Gasteiger partial charge in [-0.05, 0) is 57.2 Å². The molecule has 1 aliphatic carbocycles. The number of carbonyl (C=O) groups excluding carboxylic acids is 2. The zero-order valence-corrected chi connectivity index (χ0v) is 20.5. The number of likely N-dealkylation sites (tertiary alicyclic amines) is 1. The first-order valence-electron chi connectivity index (χ1n) is 12.0. The second-order valence-electron chi connectivity index (χ2n) is 9.76. The molecule has 2 aliphatic rings. The molecule has 2 heterocycles. The number of nitrogens with zero attached hydrogens (tertiary/aromatic N) is 2. The fraction of sp³-hybridized carbons (Fsp3) is 0.500. The predicted octanol–water partition coefficient (Wildman–Crippen LogP) is 3.88. The highest BCUT2D eigenvalue weighted by Crippen LogP contribution is 2.34. The van der Waals surface area contributed by atoms with Crippen LogP contribution in [0.5, 0.6) is 0 Å². The maximum Gasteiger partial charge on any atom is 0.259 e. The van der Waals surface area contributed by atoms with Gasteiger partial charge in [0.15, 0.2) is 0 Å². The Bertz CT molecular complexity index is 1110. The van der Waals surface area contributed by atoms with E-state index in [0.29, 0.717) is 31.0 Å². The first-order valence-corrected chi connectivity index (χ1v) is 12.4. The standard InChI is InChI=1S/C26H32ClN3O4/c1-17(2)28-24(32)21-15-30(20-5-3-4-6-20)16-22(23(21)31)25(33)29-13-11-26(34,12-14-29)18-7-9-19(27)10-8-18/h7-10,15-17,20,34H,3-6,11-14H2,1-2H3,(H,28,32). The van der Waals surface area contributed by atoms with Crippen LogP contribution in [0.4, 0.5) is 0 Å². The van der Waals surface area contributed by atoms with Crippen LogP contribution in [0.2, 0.25) is 5.02 Å². The highest BCUT2D eigenvalue weighted by Gasteiger charge is 2.36. The van der Waals surface area contributed by atoms with E-state index in [1.165, 1.54) is 0 Å². The van der Waals surface area contributed by atoms with E-state index in [0.717, 1.165) is 31.2 Å². The van der Waals surface area contributed by atoms with E-state index in [1.54, 1.807) is 41.6 Å². The molecule has 1 saturated carbocycles. The quantitative estimate of drug-likeness (QED) is 0.672. The Hall–Kier alpha value is -2.64. The van der Waals surface area contributed by atoms with Crippen molar-refractivity contribution in [1.82, 2.24) is 14.8 Å². The number of pyridine rings is 1. The maximum atomic E-state index is 13.5. The lowest BCUT2D eigenvalue weighted by molar-refractivity contribution is -0.0211. The van der Waals surface area contributed by atoms with Crippen LogP contribution in [-0.4, -0.2) is 45.5 Å². The number of aromatic nitrogens is 1. The molecule has 34 heavy (non-hydrogen) atoms. The lowest BCUT2D eigenvalue weighted by atomic mass is 9.84. The van der Waals surface area contributed by atoms with Crippen LogP contribution in [0.15, 0.2) is 41.5 Å². The van der Waals surface area contributed by atoms with E-state index >= 15 is 0 Å². The number of hydrogen-bond acceptors (Lipinski definition) is 4. The van der Waals surface area contributed by atoms with Gasteiger partial charge >= 0.3 is 0 Å². The Morgan fingerprint density at radius 2 is 1.65 bits per heavy atom. The summed E-state index contributed by atoms with van der Waals surface area (Å²) in [5, 5.41) is 14.5. The summed E-state index contributed by atoms with van der Waals surface area (Å²) in [5.41, 5.74) is -0.818. The van der Waals surface area contributed by atoms with Crippen LogP contribution in [0.25, 0.3) is 0 Å². The number of aliphatic hydroxyl groups is 1. The fourth-order valence-electron chi connectivity index (χ4n) is 4.96. The van der Waals surface area contributed by atoms with Crippen molar-refractivity contribution in [3.8, 4) is 0 Å². The van der Waals surface area contributed by atoms with Gasteiger partial charge in [0.2, 0.25) is 5.43 Å². The van der Waals surface area contributed by atoms with Crippen molar-refractivity contribution < 1.29 is 14.7 Å². The second-order valence-corrected chi connectivity index (χ2v) is 10.2. The summed E-state index contributed by atoms with van der Waals surface area (Å²) < 4.78 is 1.88. The highest BCUT2D eigenvalue weighted by atomic mass is 35.5. The molecule has 1 aromatic carbocycles. The van der Waals surface area contributed by atoms with Crippen LogP contribution in [0, 0.1) is 0 Å². The number of nitrogens with one attached hydrogen (secondary N) is 1. The molecular weight excluding hydrogens is 454 g/mol. The summed E-state index contributed by atoms with van der Waals surface area (Å²) in [6.07, 6.45) is 8.01. The van der Waals surface area contributed by atoms with E-state index in [9.17, 15) is 19.5 Å². The summed E-state index contributed by atoms with van der Waals surface area (Å²) in [5.74, 6) is -0.855. The minimum Gasteiger partial charge on any atom is -0.385 e. The van der Waals surface area contributed by atoms with Gasteiger partial charge in [-0.15, -0.1) is 0 Å². The monoisotopic (exact) mass is 485 g/mol. The van der Waals surface area contributed by atoms with Gasteiger partial charge < -0.3 is 19.9 Å². The zero-order chi connectivity index (χ0) is 24.5. The third-order valence-corrected chi connectivity index (χ3v) is 7.20. The molecule has 7 nitrogen and oxygen atoms in total. The van der Waals surface area contributed by atoms with Gasteiger partial charge in [-0.3, -0.25) is 14.4 Å². The topological polar surface area (TPSA) is 91.6 Å². The van der Waals surface area contributed by atoms with Crippen LogP contribution < -0.4 is 10.7 Å². The van der Waals surface area contributed by atoms with Gasteiger partial charge in [-0.25, -0.2) is 0 Å². The maximum absolute atomic E-state index is 13.5. The number of halogens is 1. The third kappa shape index (κ3) is 5.05. The van der Waals surface area contributed by atoms with Crippen molar-refractivity contribution in [2.24, 2.45) is 0 Å². The van der Waals surface area contributed by atoms with Crippen molar-refractivity contribution in [2.75, 3.05) is 13.1 Å². The number of rotatable bonds is 5. The average molecular weight is 486 g/mol. The zero-order valence-electron chi connectivity index (χ0n) is 19.7. The lowest BCUT2D eigenvalue weighted by Crippen LogP contribution is -2.46. The van der Waals surface area contributed by atoms with Gasteiger partial charge in [0, 0.05) is 42.6 Å². The molecule has 182 valence electrons. The van der Waals surface area contributed by atoms with Crippen LogP contribution in [0.3, 0.4) is 0 Å². The molecule has 0 atom stereocenters. The third-order valence-electron chi connectivity index (χ3n) is 6.95. The first-order chi connectivity index (χ1) is 16.2. The first kappa shape index (κ1) is 24.5. The summed E-state index contributed by atoms with van der Waals surface area (Å²) in [6.45, 7) is 4.28. The molecule has 8 heteroatoms. The number of hydrogen-bond donors (Lipinski definition) is 2. The van der Waals surface area contributed by atoms with Crippen molar-refractivity contribution in [3.63, 3.8) is 0 Å². The molecule has 4 rings (SSSR count). The molecule has 2 fully saturated rings. The summed E-state index contributed by atoms with van der Waals surface area (Å²) in [6, 6.07) is 7.14. The largest absolute Gasteiger partial charge is 0.385 e.